The Labute approximate surface area is 86.9 Å². The third-order valence-corrected chi connectivity index (χ3v) is 2.47. The van der Waals surface area contributed by atoms with Crippen LogP contribution in [0, 0.1) is 3.57 Å². The van der Waals surface area contributed by atoms with E-state index in [2.05, 4.69) is 15.9 Å². The van der Waals surface area contributed by atoms with Crippen LogP contribution in [0.2, 0.25) is 0 Å². The van der Waals surface area contributed by atoms with Crippen molar-refractivity contribution in [1.82, 2.24) is 4.57 Å². The number of halogens is 2. The van der Waals surface area contributed by atoms with Crippen molar-refractivity contribution in [2.24, 2.45) is 0 Å². The van der Waals surface area contributed by atoms with E-state index in [1.807, 2.05) is 34.7 Å². The summed E-state index contributed by atoms with van der Waals surface area (Å²) in [5, 5.41) is 0.812. The van der Waals surface area contributed by atoms with Crippen molar-refractivity contribution < 1.29 is 0 Å². The number of pyridine rings is 1. The lowest BCUT2D eigenvalue weighted by Gasteiger charge is -2.01. The van der Waals surface area contributed by atoms with E-state index in [-0.39, 0.29) is 5.56 Å². The maximum Gasteiger partial charge on any atom is 0.263 e. The zero-order chi connectivity index (χ0) is 8.27. The van der Waals surface area contributed by atoms with Gasteiger partial charge in [0.1, 0.15) is 0 Å². The fourth-order valence-corrected chi connectivity index (χ4v) is 1.67. The number of hydrogen-bond acceptors (Lipinski definition) is 1. The zero-order valence-electron chi connectivity index (χ0n) is 5.76. The standard InChI is InChI=1S/C7H7BrINO/c8-3-5-10-4-1-2-6(9)7(10)11/h1-2,4H,3,5H2. The molecule has 11 heavy (non-hydrogen) atoms. The van der Waals surface area contributed by atoms with Crippen molar-refractivity contribution in [3.63, 3.8) is 0 Å². The molecule has 0 aromatic carbocycles. The van der Waals surface area contributed by atoms with E-state index < -0.39 is 0 Å². The first-order valence-electron chi connectivity index (χ1n) is 3.16. The Bertz CT molecular complexity index is 297. The molecule has 0 saturated heterocycles. The first kappa shape index (κ1) is 9.25. The first-order valence-corrected chi connectivity index (χ1v) is 5.36. The minimum Gasteiger partial charge on any atom is -0.314 e. The Balaban J connectivity index is 3.07. The van der Waals surface area contributed by atoms with Gasteiger partial charge < -0.3 is 4.57 Å². The normalized spacial score (nSPS) is 10.0. The maximum atomic E-state index is 11.3. The summed E-state index contributed by atoms with van der Waals surface area (Å²) in [6.45, 7) is 0.732. The molecule has 0 amide bonds. The fraction of sp³-hybridized carbons (Fsp3) is 0.286. The minimum absolute atomic E-state index is 0.0903. The predicted molar refractivity (Wildman–Crippen MR) is 57.2 cm³/mol. The molecule has 4 heteroatoms. The van der Waals surface area contributed by atoms with Gasteiger partial charge in [-0.2, -0.15) is 0 Å². The van der Waals surface area contributed by atoms with Crippen LogP contribution in [0.25, 0.3) is 0 Å². The molecule has 0 fully saturated rings. The van der Waals surface area contributed by atoms with Crippen LogP contribution in [-0.2, 0) is 6.54 Å². The lowest BCUT2D eigenvalue weighted by atomic mass is 10.5. The molecule has 0 aliphatic rings. The van der Waals surface area contributed by atoms with Gasteiger partial charge in [0, 0.05) is 18.1 Å². The molecular formula is C7H7BrINO. The Kier molecular flexibility index (Phi) is 3.58. The molecular weight excluding hydrogens is 321 g/mol. The number of hydrogen-bond donors (Lipinski definition) is 0. The quantitative estimate of drug-likeness (QED) is 0.600. The summed E-state index contributed by atoms with van der Waals surface area (Å²) in [6.07, 6.45) is 1.80. The highest BCUT2D eigenvalue weighted by molar-refractivity contribution is 14.1. The van der Waals surface area contributed by atoms with Crippen molar-refractivity contribution in [3.8, 4) is 0 Å². The molecule has 1 rings (SSSR count). The Morgan fingerprint density at radius 2 is 2.36 bits per heavy atom. The lowest BCUT2D eigenvalue weighted by Crippen LogP contribution is -2.21. The van der Waals surface area contributed by atoms with Gasteiger partial charge in [0.25, 0.3) is 5.56 Å². The number of aromatic nitrogens is 1. The van der Waals surface area contributed by atoms with Crippen molar-refractivity contribution in [2.45, 2.75) is 6.54 Å². The van der Waals surface area contributed by atoms with E-state index in [1.165, 1.54) is 0 Å². The molecule has 0 N–H and O–H groups in total. The molecule has 0 spiro atoms. The van der Waals surface area contributed by atoms with Gasteiger partial charge in [-0.1, -0.05) is 15.9 Å². The summed E-state index contributed by atoms with van der Waals surface area (Å²) in [7, 11) is 0. The van der Waals surface area contributed by atoms with Crippen molar-refractivity contribution in [2.75, 3.05) is 5.33 Å². The van der Waals surface area contributed by atoms with E-state index in [9.17, 15) is 4.79 Å². The number of aryl methyl sites for hydroxylation is 1. The largest absolute Gasteiger partial charge is 0.314 e. The van der Waals surface area contributed by atoms with Crippen LogP contribution >= 0.6 is 38.5 Å². The van der Waals surface area contributed by atoms with Gasteiger partial charge in [0.15, 0.2) is 0 Å². The fourth-order valence-electron chi connectivity index (χ4n) is 0.775. The van der Waals surface area contributed by atoms with Crippen LogP contribution in [0.1, 0.15) is 0 Å². The predicted octanol–water partition coefficient (Wildman–Crippen LogP) is 1.85. The van der Waals surface area contributed by atoms with Gasteiger partial charge in [-0.25, -0.2) is 0 Å². The van der Waals surface area contributed by atoms with Crippen LogP contribution in [0.3, 0.4) is 0 Å². The summed E-state index contributed by atoms with van der Waals surface area (Å²) in [6, 6.07) is 3.69. The highest BCUT2D eigenvalue weighted by Crippen LogP contribution is 1.96. The summed E-state index contributed by atoms with van der Waals surface area (Å²) >= 11 is 5.32. The summed E-state index contributed by atoms with van der Waals surface area (Å²) < 4.78 is 2.46. The molecule has 0 bridgehead atoms. The molecule has 0 radical (unpaired) electrons. The molecule has 1 aromatic rings. The van der Waals surface area contributed by atoms with Gasteiger partial charge in [0.2, 0.25) is 0 Å². The van der Waals surface area contributed by atoms with Crippen LogP contribution in [0.15, 0.2) is 23.1 Å². The average molecular weight is 328 g/mol. The van der Waals surface area contributed by atoms with Crippen LogP contribution in [0.4, 0.5) is 0 Å². The van der Waals surface area contributed by atoms with E-state index in [0.29, 0.717) is 0 Å². The third kappa shape index (κ3) is 2.30. The van der Waals surface area contributed by atoms with Crippen molar-refractivity contribution >= 4 is 38.5 Å². The highest BCUT2D eigenvalue weighted by atomic mass is 127. The van der Waals surface area contributed by atoms with Crippen molar-refractivity contribution in [3.05, 3.63) is 32.3 Å². The molecule has 1 heterocycles. The minimum atomic E-state index is 0.0903. The monoisotopic (exact) mass is 327 g/mol. The van der Waals surface area contributed by atoms with Gasteiger partial charge in [-0.3, -0.25) is 4.79 Å². The van der Waals surface area contributed by atoms with Gasteiger partial charge in [0.05, 0.1) is 3.57 Å². The second-order valence-electron chi connectivity index (χ2n) is 2.04. The Morgan fingerprint density at radius 3 is 3.00 bits per heavy atom. The summed E-state index contributed by atoms with van der Waals surface area (Å²) in [4.78, 5) is 11.3. The van der Waals surface area contributed by atoms with Crippen LogP contribution < -0.4 is 5.56 Å². The smallest absolute Gasteiger partial charge is 0.263 e. The van der Waals surface area contributed by atoms with Gasteiger partial charge in [-0.15, -0.1) is 0 Å². The molecule has 0 aliphatic heterocycles. The number of nitrogens with zero attached hydrogens (tertiary/aromatic N) is 1. The number of alkyl halides is 1. The Hall–Kier alpha value is 0.160. The summed E-state index contributed by atoms with van der Waals surface area (Å²) in [5.74, 6) is 0. The van der Waals surface area contributed by atoms with E-state index in [0.717, 1.165) is 15.4 Å². The average Bonchev–Trinajstić information content (AvgIpc) is 1.99. The zero-order valence-corrected chi connectivity index (χ0v) is 9.50. The van der Waals surface area contributed by atoms with Crippen LogP contribution in [-0.4, -0.2) is 9.90 Å². The summed E-state index contributed by atoms with van der Waals surface area (Å²) in [5.41, 5.74) is 0.0903. The van der Waals surface area contributed by atoms with E-state index in [1.54, 1.807) is 10.8 Å². The molecule has 2 nitrogen and oxygen atoms in total. The topological polar surface area (TPSA) is 22.0 Å². The highest BCUT2D eigenvalue weighted by Gasteiger charge is 1.96. The van der Waals surface area contributed by atoms with E-state index in [4.69, 9.17) is 0 Å². The Morgan fingerprint density at radius 1 is 1.64 bits per heavy atom. The van der Waals surface area contributed by atoms with Gasteiger partial charge in [-0.05, 0) is 34.7 Å². The third-order valence-electron chi connectivity index (χ3n) is 1.30. The van der Waals surface area contributed by atoms with Gasteiger partial charge >= 0.3 is 0 Å². The molecule has 0 aliphatic carbocycles. The maximum absolute atomic E-state index is 11.3. The molecule has 60 valence electrons. The molecule has 0 unspecified atom stereocenters. The van der Waals surface area contributed by atoms with Crippen molar-refractivity contribution in [1.29, 1.82) is 0 Å². The molecule has 1 aromatic heterocycles. The SMILES string of the molecule is O=c1c(I)cccn1CCBr. The second kappa shape index (κ2) is 4.25. The first-order chi connectivity index (χ1) is 5.25. The molecule has 0 atom stereocenters. The van der Waals surface area contributed by atoms with E-state index >= 15 is 0 Å². The second-order valence-corrected chi connectivity index (χ2v) is 4.00. The molecule has 0 saturated carbocycles. The number of rotatable bonds is 2. The van der Waals surface area contributed by atoms with Crippen LogP contribution in [0.5, 0.6) is 0 Å². The lowest BCUT2D eigenvalue weighted by molar-refractivity contribution is 0.734.